The van der Waals surface area contributed by atoms with Crippen LogP contribution in [0.2, 0.25) is 5.02 Å². The molecule has 1 fully saturated rings. The molecule has 0 bridgehead atoms. The van der Waals surface area contributed by atoms with Crippen molar-refractivity contribution in [2.75, 3.05) is 26.2 Å². The molecular formula is C18H19ClN2O3. The number of carbonyl (C=O) groups is 1. The van der Waals surface area contributed by atoms with E-state index in [1.54, 1.807) is 38.3 Å². The normalized spacial score (nSPS) is 18.8. The lowest BCUT2D eigenvalue weighted by molar-refractivity contribution is -0.119. The van der Waals surface area contributed by atoms with Crippen molar-refractivity contribution >= 4 is 23.3 Å². The lowest BCUT2D eigenvalue weighted by Crippen LogP contribution is -2.28. The first-order valence-corrected chi connectivity index (χ1v) is 8.04. The van der Waals surface area contributed by atoms with E-state index in [0.29, 0.717) is 10.8 Å². The first-order valence-electron chi connectivity index (χ1n) is 7.66. The van der Waals surface area contributed by atoms with Gasteiger partial charge in [0.15, 0.2) is 0 Å². The van der Waals surface area contributed by atoms with Crippen molar-refractivity contribution in [3.63, 3.8) is 0 Å². The van der Waals surface area contributed by atoms with Crippen molar-refractivity contribution in [3.05, 3.63) is 47.1 Å². The third-order valence-corrected chi connectivity index (χ3v) is 4.55. The molecular weight excluding hydrogens is 328 g/mol. The molecule has 0 aliphatic heterocycles. The molecule has 5 nitrogen and oxygen atoms in total. The molecule has 1 aromatic heterocycles. The number of aromatic nitrogens is 1. The third kappa shape index (κ3) is 3.17. The number of amides is 1. The molecule has 126 valence electrons. The molecule has 1 amide bonds. The van der Waals surface area contributed by atoms with E-state index in [1.165, 1.54) is 6.20 Å². The minimum Gasteiger partial charge on any atom is -0.497 e. The lowest BCUT2D eigenvalue weighted by atomic mass is 10.1. The van der Waals surface area contributed by atoms with Crippen molar-refractivity contribution in [1.82, 2.24) is 4.98 Å². The molecule has 2 unspecified atom stereocenters. The van der Waals surface area contributed by atoms with Gasteiger partial charge < -0.3 is 9.47 Å². The van der Waals surface area contributed by atoms with E-state index in [4.69, 9.17) is 21.1 Å². The predicted molar refractivity (Wildman–Crippen MR) is 93.1 cm³/mol. The minimum atomic E-state index is -0.0755. The summed E-state index contributed by atoms with van der Waals surface area (Å²) >= 11 is 5.84. The van der Waals surface area contributed by atoms with Gasteiger partial charge in [0.25, 0.3) is 0 Å². The summed E-state index contributed by atoms with van der Waals surface area (Å²) in [6.07, 6.45) is 2.33. The van der Waals surface area contributed by atoms with E-state index >= 15 is 0 Å². The second-order valence-electron chi connectivity index (χ2n) is 5.79. The molecule has 3 rings (SSSR count). The van der Waals surface area contributed by atoms with Crippen LogP contribution < -0.4 is 14.4 Å². The largest absolute Gasteiger partial charge is 0.497 e. The Balaban J connectivity index is 1.77. The van der Waals surface area contributed by atoms with Crippen molar-refractivity contribution in [2.45, 2.75) is 12.3 Å². The fraction of sp³-hybridized carbons (Fsp3) is 0.333. The minimum absolute atomic E-state index is 0.0414. The lowest BCUT2D eigenvalue weighted by Gasteiger charge is -2.16. The Kier molecular flexibility index (Phi) is 4.62. The van der Waals surface area contributed by atoms with Gasteiger partial charge in [-0.1, -0.05) is 11.6 Å². The quantitative estimate of drug-likeness (QED) is 0.831. The zero-order valence-electron chi connectivity index (χ0n) is 13.8. The van der Waals surface area contributed by atoms with Crippen LogP contribution in [0.15, 0.2) is 36.5 Å². The van der Waals surface area contributed by atoms with Gasteiger partial charge in [-0.3, -0.25) is 9.69 Å². The summed E-state index contributed by atoms with van der Waals surface area (Å²) in [4.78, 5) is 18.5. The zero-order chi connectivity index (χ0) is 17.3. The van der Waals surface area contributed by atoms with Gasteiger partial charge in [0, 0.05) is 30.6 Å². The Labute approximate surface area is 146 Å². The number of nitrogens with zero attached hydrogens (tertiary/aromatic N) is 2. The van der Waals surface area contributed by atoms with Crippen LogP contribution in [0.5, 0.6) is 11.5 Å². The number of hydrogen-bond acceptors (Lipinski definition) is 4. The maximum Gasteiger partial charge on any atom is 0.231 e. The van der Waals surface area contributed by atoms with E-state index < -0.39 is 0 Å². The highest BCUT2D eigenvalue weighted by atomic mass is 35.5. The summed E-state index contributed by atoms with van der Waals surface area (Å²) < 4.78 is 10.7. The topological polar surface area (TPSA) is 51.7 Å². The van der Waals surface area contributed by atoms with Gasteiger partial charge in [-0.15, -0.1) is 0 Å². The summed E-state index contributed by atoms with van der Waals surface area (Å²) in [7, 11) is 4.99. The molecule has 0 radical (unpaired) electrons. The van der Waals surface area contributed by atoms with Crippen molar-refractivity contribution in [1.29, 1.82) is 0 Å². The zero-order valence-corrected chi connectivity index (χ0v) is 14.6. The number of methoxy groups -OCH3 is 2. The number of ether oxygens (including phenoxy) is 2. The number of carbonyl (C=O) groups excluding carboxylic acids is 1. The summed E-state index contributed by atoms with van der Waals surface area (Å²) in [5, 5.41) is 0.546. The van der Waals surface area contributed by atoms with Crippen LogP contribution in [-0.2, 0) is 4.79 Å². The Hall–Kier alpha value is -2.27. The molecule has 1 aliphatic rings. The van der Waals surface area contributed by atoms with E-state index in [9.17, 15) is 4.79 Å². The van der Waals surface area contributed by atoms with Crippen LogP contribution in [0, 0.1) is 5.92 Å². The van der Waals surface area contributed by atoms with Crippen LogP contribution in [0.3, 0.4) is 0 Å². The number of anilines is 1. The van der Waals surface area contributed by atoms with Gasteiger partial charge in [-0.25, -0.2) is 4.98 Å². The van der Waals surface area contributed by atoms with Crippen molar-refractivity contribution in [2.24, 2.45) is 5.92 Å². The summed E-state index contributed by atoms with van der Waals surface area (Å²) in [5.41, 5.74) is 1.01. The van der Waals surface area contributed by atoms with E-state index in [1.807, 2.05) is 18.2 Å². The fourth-order valence-electron chi connectivity index (χ4n) is 2.87. The molecule has 2 aromatic rings. The Morgan fingerprint density at radius 3 is 2.67 bits per heavy atom. The maximum absolute atomic E-state index is 12.7. The number of pyridine rings is 1. The molecule has 0 N–H and O–H groups in total. The highest BCUT2D eigenvalue weighted by molar-refractivity contribution is 6.30. The average molecular weight is 347 g/mol. The molecule has 1 aliphatic carbocycles. The number of hydrogen-bond donors (Lipinski definition) is 0. The molecule has 2 atom stereocenters. The van der Waals surface area contributed by atoms with E-state index in [2.05, 4.69) is 4.98 Å². The number of halogens is 1. The highest BCUT2D eigenvalue weighted by Crippen LogP contribution is 2.52. The molecule has 1 aromatic carbocycles. The molecule has 24 heavy (non-hydrogen) atoms. The Morgan fingerprint density at radius 1 is 1.25 bits per heavy atom. The molecule has 0 spiro atoms. The standard InChI is InChI=1S/C18H19ClN2O3/c1-21(17-7-4-11(19)10-20-17)18(22)15-9-13(15)14-8-12(23-2)5-6-16(14)24-3/h4-8,10,13,15H,9H2,1-3H3. The van der Waals surface area contributed by atoms with Crippen LogP contribution in [0.25, 0.3) is 0 Å². The SMILES string of the molecule is COc1ccc(OC)c(C2CC2C(=O)N(C)c2ccc(Cl)cn2)c1. The molecule has 1 heterocycles. The highest BCUT2D eigenvalue weighted by Gasteiger charge is 2.47. The molecule has 6 heteroatoms. The Morgan fingerprint density at radius 2 is 2.04 bits per heavy atom. The van der Waals surface area contributed by atoms with Crippen LogP contribution >= 0.6 is 11.6 Å². The predicted octanol–water partition coefficient (Wildman–Crippen LogP) is 3.52. The summed E-state index contributed by atoms with van der Waals surface area (Å²) in [6.45, 7) is 0. The molecule has 1 saturated carbocycles. The third-order valence-electron chi connectivity index (χ3n) is 4.33. The van der Waals surface area contributed by atoms with Gasteiger partial charge in [0.2, 0.25) is 5.91 Å². The van der Waals surface area contributed by atoms with Gasteiger partial charge in [0.05, 0.1) is 19.2 Å². The second-order valence-corrected chi connectivity index (χ2v) is 6.22. The number of rotatable bonds is 5. The van der Waals surface area contributed by atoms with Crippen molar-refractivity contribution < 1.29 is 14.3 Å². The smallest absolute Gasteiger partial charge is 0.231 e. The summed E-state index contributed by atoms with van der Waals surface area (Å²) in [5.74, 6) is 2.23. The second kappa shape index (κ2) is 6.69. The monoisotopic (exact) mass is 346 g/mol. The molecule has 0 saturated heterocycles. The number of benzene rings is 1. The van der Waals surface area contributed by atoms with Gasteiger partial charge >= 0.3 is 0 Å². The first kappa shape index (κ1) is 16.6. The first-order chi connectivity index (χ1) is 11.5. The van der Waals surface area contributed by atoms with Gasteiger partial charge in [0.1, 0.15) is 17.3 Å². The maximum atomic E-state index is 12.7. The van der Waals surface area contributed by atoms with Crippen LogP contribution in [0.1, 0.15) is 17.9 Å². The average Bonchev–Trinajstić information content (AvgIpc) is 3.41. The summed E-state index contributed by atoms with van der Waals surface area (Å²) in [6, 6.07) is 9.13. The van der Waals surface area contributed by atoms with Gasteiger partial charge in [-0.2, -0.15) is 0 Å². The van der Waals surface area contributed by atoms with Crippen molar-refractivity contribution in [3.8, 4) is 11.5 Å². The van der Waals surface area contributed by atoms with E-state index in [-0.39, 0.29) is 17.7 Å². The van der Waals surface area contributed by atoms with Crippen LogP contribution in [-0.4, -0.2) is 32.2 Å². The van der Waals surface area contributed by atoms with Crippen LogP contribution in [0.4, 0.5) is 5.82 Å². The fourth-order valence-corrected chi connectivity index (χ4v) is 2.98. The van der Waals surface area contributed by atoms with Gasteiger partial charge in [-0.05, 0) is 36.8 Å². The Bertz CT molecular complexity index is 748. The van der Waals surface area contributed by atoms with E-state index in [0.717, 1.165) is 23.5 Å².